The summed E-state index contributed by atoms with van der Waals surface area (Å²) in [5.74, 6) is -0.228. The van der Waals surface area contributed by atoms with Gasteiger partial charge in [0.2, 0.25) is 0 Å². The molecule has 0 aromatic carbocycles. The van der Waals surface area contributed by atoms with Crippen molar-refractivity contribution in [3.63, 3.8) is 0 Å². The van der Waals surface area contributed by atoms with Gasteiger partial charge in [0, 0.05) is 12.3 Å². The van der Waals surface area contributed by atoms with E-state index in [1.807, 2.05) is 6.08 Å². The molecule has 0 aromatic rings. The maximum atomic E-state index is 10.5. The van der Waals surface area contributed by atoms with Crippen molar-refractivity contribution in [2.45, 2.75) is 26.7 Å². The maximum Gasteiger partial charge on any atom is 0.302 e. The molecule has 0 amide bonds. The molecule has 0 N–H and O–H groups in total. The molecule has 0 aliphatic heterocycles. The predicted octanol–water partition coefficient (Wildman–Crippen LogP) is 3.02. The summed E-state index contributed by atoms with van der Waals surface area (Å²) in [5.41, 5.74) is 0.214. The minimum Gasteiger partial charge on any atom is -0.462 e. The summed E-state index contributed by atoms with van der Waals surface area (Å²) in [6.07, 6.45) is 14.7. The Morgan fingerprint density at radius 1 is 1.33 bits per heavy atom. The van der Waals surface area contributed by atoms with Crippen LogP contribution >= 0.6 is 0 Å². The Kier molecular flexibility index (Phi) is 4.35. The molecule has 15 heavy (non-hydrogen) atoms. The molecule has 1 rings (SSSR count). The van der Waals surface area contributed by atoms with Crippen molar-refractivity contribution in [3.8, 4) is 0 Å². The molecule has 0 saturated carbocycles. The molecule has 2 heteroatoms. The molecule has 1 aliphatic carbocycles. The number of allylic oxidation sites excluding steroid dienone is 5. The fourth-order valence-electron chi connectivity index (χ4n) is 1.52. The zero-order chi connectivity index (χ0) is 11.1. The second-order valence-corrected chi connectivity index (χ2v) is 4.04. The highest BCUT2D eigenvalue weighted by Gasteiger charge is 2.17. The average molecular weight is 206 g/mol. The molecule has 0 aromatic heterocycles. The largest absolute Gasteiger partial charge is 0.462 e. The third-order valence-corrected chi connectivity index (χ3v) is 2.46. The molecule has 1 aliphatic rings. The van der Waals surface area contributed by atoms with E-state index in [0.29, 0.717) is 6.61 Å². The summed E-state index contributed by atoms with van der Waals surface area (Å²) >= 11 is 0. The first-order valence-corrected chi connectivity index (χ1v) is 5.28. The normalized spacial score (nSPS) is 17.5. The number of ether oxygens (including phenoxy) is 1. The van der Waals surface area contributed by atoms with E-state index < -0.39 is 0 Å². The van der Waals surface area contributed by atoms with Gasteiger partial charge in [-0.15, -0.1) is 0 Å². The fourth-order valence-corrected chi connectivity index (χ4v) is 1.52. The van der Waals surface area contributed by atoms with Crippen molar-refractivity contribution in [1.82, 2.24) is 0 Å². The second kappa shape index (κ2) is 5.54. The van der Waals surface area contributed by atoms with Crippen LogP contribution in [0.4, 0.5) is 0 Å². The van der Waals surface area contributed by atoms with E-state index >= 15 is 0 Å². The van der Waals surface area contributed by atoms with Gasteiger partial charge in [0.1, 0.15) is 6.61 Å². The van der Waals surface area contributed by atoms with E-state index in [9.17, 15) is 4.79 Å². The van der Waals surface area contributed by atoms with Gasteiger partial charge in [-0.25, -0.2) is 0 Å². The molecule has 0 fully saturated rings. The molecule has 0 atom stereocenters. The number of rotatable bonds is 5. The van der Waals surface area contributed by atoms with Crippen LogP contribution in [0.1, 0.15) is 26.7 Å². The third kappa shape index (κ3) is 4.63. The molecule has 0 saturated heterocycles. The predicted molar refractivity (Wildman–Crippen MR) is 61.4 cm³/mol. The Bertz CT molecular complexity index is 286. The molecule has 0 spiro atoms. The standard InChI is InChI=1S/C13H18O2/c1-12(14)15-11-7-3-4-8-13(2)9-5-6-10-13/h3,5-7,9-10H,4,8,11H2,1-2H3/b7-3-. The van der Waals surface area contributed by atoms with Crippen LogP contribution in [0.25, 0.3) is 0 Å². The lowest BCUT2D eigenvalue weighted by Gasteiger charge is -2.17. The molecule has 0 bridgehead atoms. The van der Waals surface area contributed by atoms with E-state index in [1.165, 1.54) is 6.92 Å². The van der Waals surface area contributed by atoms with Crippen molar-refractivity contribution in [3.05, 3.63) is 36.5 Å². The Hall–Kier alpha value is -1.31. The first-order valence-electron chi connectivity index (χ1n) is 5.28. The third-order valence-electron chi connectivity index (χ3n) is 2.46. The van der Waals surface area contributed by atoms with Gasteiger partial charge in [0.25, 0.3) is 0 Å². The quantitative estimate of drug-likeness (QED) is 0.510. The Labute approximate surface area is 91.3 Å². The fraction of sp³-hybridized carbons (Fsp3) is 0.462. The van der Waals surface area contributed by atoms with Gasteiger partial charge >= 0.3 is 5.97 Å². The van der Waals surface area contributed by atoms with Crippen LogP contribution in [0, 0.1) is 5.41 Å². The van der Waals surface area contributed by atoms with Crippen LogP contribution in [-0.4, -0.2) is 12.6 Å². The van der Waals surface area contributed by atoms with Gasteiger partial charge in [0.15, 0.2) is 0 Å². The maximum absolute atomic E-state index is 10.5. The van der Waals surface area contributed by atoms with Gasteiger partial charge in [-0.1, -0.05) is 43.4 Å². The molecule has 0 radical (unpaired) electrons. The summed E-state index contributed by atoms with van der Waals surface area (Å²) < 4.78 is 4.79. The van der Waals surface area contributed by atoms with Gasteiger partial charge in [-0.05, 0) is 12.8 Å². The molecule has 0 heterocycles. The number of hydrogen-bond donors (Lipinski definition) is 0. The van der Waals surface area contributed by atoms with Crippen molar-refractivity contribution in [2.75, 3.05) is 6.61 Å². The van der Waals surface area contributed by atoms with E-state index in [2.05, 4.69) is 37.3 Å². The highest BCUT2D eigenvalue weighted by atomic mass is 16.5. The topological polar surface area (TPSA) is 26.3 Å². The summed E-state index contributed by atoms with van der Waals surface area (Å²) in [4.78, 5) is 10.5. The highest BCUT2D eigenvalue weighted by molar-refractivity contribution is 5.65. The smallest absolute Gasteiger partial charge is 0.302 e. The minimum absolute atomic E-state index is 0.214. The van der Waals surface area contributed by atoms with Crippen LogP contribution in [0.5, 0.6) is 0 Å². The Balaban J connectivity index is 2.13. The minimum atomic E-state index is -0.228. The Morgan fingerprint density at radius 2 is 2.00 bits per heavy atom. The summed E-state index contributed by atoms with van der Waals surface area (Å²) in [6.45, 7) is 4.02. The molecular weight excluding hydrogens is 188 g/mol. The Morgan fingerprint density at radius 3 is 2.60 bits per heavy atom. The van der Waals surface area contributed by atoms with Gasteiger partial charge in [-0.2, -0.15) is 0 Å². The molecule has 2 nitrogen and oxygen atoms in total. The summed E-state index contributed by atoms with van der Waals surface area (Å²) in [7, 11) is 0. The van der Waals surface area contributed by atoms with Gasteiger partial charge in [-0.3, -0.25) is 4.79 Å². The first-order chi connectivity index (χ1) is 7.12. The number of hydrogen-bond acceptors (Lipinski definition) is 2. The second-order valence-electron chi connectivity index (χ2n) is 4.04. The summed E-state index contributed by atoms with van der Waals surface area (Å²) in [5, 5.41) is 0. The van der Waals surface area contributed by atoms with Crippen LogP contribution < -0.4 is 0 Å². The summed E-state index contributed by atoms with van der Waals surface area (Å²) in [6, 6.07) is 0. The van der Waals surface area contributed by atoms with Crippen molar-refractivity contribution in [1.29, 1.82) is 0 Å². The van der Waals surface area contributed by atoms with E-state index in [1.54, 1.807) is 0 Å². The van der Waals surface area contributed by atoms with Crippen LogP contribution in [0.15, 0.2) is 36.5 Å². The lowest BCUT2D eigenvalue weighted by molar-refractivity contribution is -0.139. The number of esters is 1. The first kappa shape index (κ1) is 11.8. The zero-order valence-electron chi connectivity index (χ0n) is 9.40. The van der Waals surface area contributed by atoms with Crippen molar-refractivity contribution < 1.29 is 9.53 Å². The number of carbonyl (C=O) groups excluding carboxylic acids is 1. The lowest BCUT2D eigenvalue weighted by Crippen LogP contribution is -2.06. The lowest BCUT2D eigenvalue weighted by atomic mass is 9.87. The highest BCUT2D eigenvalue weighted by Crippen LogP contribution is 2.30. The van der Waals surface area contributed by atoms with Crippen LogP contribution in [-0.2, 0) is 9.53 Å². The molecule has 0 unspecified atom stereocenters. The van der Waals surface area contributed by atoms with E-state index in [0.717, 1.165) is 12.8 Å². The van der Waals surface area contributed by atoms with Crippen molar-refractivity contribution in [2.24, 2.45) is 5.41 Å². The number of carbonyl (C=O) groups is 1. The van der Waals surface area contributed by atoms with Gasteiger partial charge < -0.3 is 4.74 Å². The monoisotopic (exact) mass is 206 g/mol. The van der Waals surface area contributed by atoms with Crippen LogP contribution in [0.3, 0.4) is 0 Å². The van der Waals surface area contributed by atoms with Crippen molar-refractivity contribution >= 4 is 5.97 Å². The van der Waals surface area contributed by atoms with Gasteiger partial charge in [0.05, 0.1) is 0 Å². The van der Waals surface area contributed by atoms with E-state index in [4.69, 9.17) is 4.74 Å². The SMILES string of the molecule is CC(=O)OC/C=C\CCC1(C)C=CC=C1. The average Bonchev–Trinajstić information content (AvgIpc) is 2.58. The van der Waals surface area contributed by atoms with Crippen LogP contribution in [0.2, 0.25) is 0 Å². The van der Waals surface area contributed by atoms with E-state index in [-0.39, 0.29) is 11.4 Å². The zero-order valence-corrected chi connectivity index (χ0v) is 9.40. The molecule has 82 valence electrons. The molecular formula is C13H18O2.